The quantitative estimate of drug-likeness (QED) is 0.851. The molecule has 5 nitrogen and oxygen atoms in total. The van der Waals surface area contributed by atoms with Crippen molar-refractivity contribution in [3.8, 4) is 5.82 Å². The molecule has 2 aromatic rings. The summed E-state index contributed by atoms with van der Waals surface area (Å²) in [7, 11) is 0. The summed E-state index contributed by atoms with van der Waals surface area (Å²) in [5, 5.41) is 13.0. The minimum Gasteiger partial charge on any atom is -0.478 e. The lowest BCUT2D eigenvalue weighted by Gasteiger charge is -2.00. The average Bonchev–Trinajstić information content (AvgIpc) is 3.15. The van der Waals surface area contributed by atoms with Crippen LogP contribution in [0.2, 0.25) is 0 Å². The first-order valence-corrected chi connectivity index (χ1v) is 6.15. The summed E-state index contributed by atoms with van der Waals surface area (Å²) in [6, 6.07) is 5.67. The maximum atomic E-state index is 10.4. The Kier molecular flexibility index (Phi) is 2.87. The molecule has 2 heterocycles. The first kappa shape index (κ1) is 11.6. The molecule has 0 aliphatic heterocycles. The minimum absolute atomic E-state index is 0.624. The highest BCUT2D eigenvalue weighted by Gasteiger charge is 2.25. The summed E-state index contributed by atoms with van der Waals surface area (Å²) < 4.78 is 1.75. The van der Waals surface area contributed by atoms with Gasteiger partial charge in [-0.05, 0) is 42.7 Å². The van der Waals surface area contributed by atoms with Crippen LogP contribution in [-0.2, 0) is 4.79 Å². The van der Waals surface area contributed by atoms with E-state index in [1.807, 2.05) is 24.4 Å². The number of nitrogens with zero attached hydrogens (tertiary/aromatic N) is 3. The van der Waals surface area contributed by atoms with Crippen molar-refractivity contribution in [1.82, 2.24) is 14.8 Å². The van der Waals surface area contributed by atoms with Crippen LogP contribution in [0.3, 0.4) is 0 Å². The lowest BCUT2D eigenvalue weighted by Crippen LogP contribution is -1.98. The van der Waals surface area contributed by atoms with Gasteiger partial charge in [0.1, 0.15) is 0 Å². The summed E-state index contributed by atoms with van der Waals surface area (Å²) in [5.41, 5.74) is 1.87. The van der Waals surface area contributed by atoms with E-state index in [9.17, 15) is 4.79 Å². The molecule has 1 fully saturated rings. The van der Waals surface area contributed by atoms with Crippen molar-refractivity contribution in [2.75, 3.05) is 0 Å². The van der Waals surface area contributed by atoms with Crippen molar-refractivity contribution in [2.24, 2.45) is 0 Å². The van der Waals surface area contributed by atoms with Gasteiger partial charge in [-0.1, -0.05) is 0 Å². The number of rotatable bonds is 4. The molecule has 1 aliphatic rings. The molecule has 1 saturated carbocycles. The number of aromatic nitrogens is 3. The summed E-state index contributed by atoms with van der Waals surface area (Å²) in [6.45, 7) is 0. The second-order valence-electron chi connectivity index (χ2n) is 4.58. The SMILES string of the molecule is O=C(O)/C=C/c1ccc(-n2ccc(C3CC3)n2)nc1. The van der Waals surface area contributed by atoms with Gasteiger partial charge in [-0.2, -0.15) is 5.10 Å². The van der Waals surface area contributed by atoms with E-state index in [1.165, 1.54) is 18.9 Å². The summed E-state index contributed by atoms with van der Waals surface area (Å²) in [6.07, 6.45) is 8.59. The van der Waals surface area contributed by atoms with Crippen molar-refractivity contribution < 1.29 is 9.90 Å². The van der Waals surface area contributed by atoms with E-state index >= 15 is 0 Å². The topological polar surface area (TPSA) is 68.0 Å². The highest BCUT2D eigenvalue weighted by molar-refractivity contribution is 5.85. The fourth-order valence-corrected chi connectivity index (χ4v) is 1.86. The number of hydrogen-bond donors (Lipinski definition) is 1. The molecule has 2 aromatic heterocycles. The highest BCUT2D eigenvalue weighted by atomic mass is 16.4. The normalized spacial score (nSPS) is 14.9. The van der Waals surface area contributed by atoms with Gasteiger partial charge >= 0.3 is 5.97 Å². The number of carbonyl (C=O) groups is 1. The maximum absolute atomic E-state index is 10.4. The fraction of sp³-hybridized carbons (Fsp3) is 0.214. The second-order valence-corrected chi connectivity index (χ2v) is 4.58. The Hall–Kier alpha value is -2.43. The van der Waals surface area contributed by atoms with E-state index in [2.05, 4.69) is 10.1 Å². The highest BCUT2D eigenvalue weighted by Crippen LogP contribution is 2.38. The van der Waals surface area contributed by atoms with E-state index in [4.69, 9.17) is 5.11 Å². The van der Waals surface area contributed by atoms with Crippen molar-refractivity contribution in [2.45, 2.75) is 18.8 Å². The third-order valence-electron chi connectivity index (χ3n) is 3.03. The number of pyridine rings is 1. The molecule has 5 heteroatoms. The fourth-order valence-electron chi connectivity index (χ4n) is 1.86. The average molecular weight is 255 g/mol. The van der Waals surface area contributed by atoms with Crippen molar-refractivity contribution >= 4 is 12.0 Å². The summed E-state index contributed by atoms with van der Waals surface area (Å²) in [5.74, 6) is 0.392. The largest absolute Gasteiger partial charge is 0.478 e. The lowest BCUT2D eigenvalue weighted by molar-refractivity contribution is -0.131. The van der Waals surface area contributed by atoms with Crippen LogP contribution in [0.25, 0.3) is 11.9 Å². The molecule has 0 atom stereocenters. The molecule has 0 unspecified atom stereocenters. The zero-order chi connectivity index (χ0) is 13.2. The number of carboxylic acid groups (broad SMARTS) is 1. The maximum Gasteiger partial charge on any atom is 0.328 e. The number of hydrogen-bond acceptors (Lipinski definition) is 3. The van der Waals surface area contributed by atoms with Gasteiger partial charge in [0.15, 0.2) is 5.82 Å². The smallest absolute Gasteiger partial charge is 0.328 e. The van der Waals surface area contributed by atoms with Gasteiger partial charge in [0.05, 0.1) is 5.69 Å². The van der Waals surface area contributed by atoms with E-state index in [0.29, 0.717) is 5.92 Å². The van der Waals surface area contributed by atoms with Crippen LogP contribution in [0.4, 0.5) is 0 Å². The van der Waals surface area contributed by atoms with E-state index < -0.39 is 5.97 Å². The van der Waals surface area contributed by atoms with Gasteiger partial charge < -0.3 is 5.11 Å². The van der Waals surface area contributed by atoms with Gasteiger partial charge in [0.25, 0.3) is 0 Å². The first-order valence-electron chi connectivity index (χ1n) is 6.15. The zero-order valence-electron chi connectivity index (χ0n) is 10.2. The second kappa shape index (κ2) is 4.68. The molecule has 0 bridgehead atoms. The molecular weight excluding hydrogens is 242 g/mol. The van der Waals surface area contributed by atoms with Gasteiger partial charge in [0, 0.05) is 24.4 Å². The van der Waals surface area contributed by atoms with Crippen LogP contribution in [0, 0.1) is 0 Å². The monoisotopic (exact) mass is 255 g/mol. The molecule has 0 saturated heterocycles. The third-order valence-corrected chi connectivity index (χ3v) is 3.03. The molecule has 1 N–H and O–H groups in total. The van der Waals surface area contributed by atoms with Crippen molar-refractivity contribution in [1.29, 1.82) is 0 Å². The van der Waals surface area contributed by atoms with Crippen LogP contribution in [0.15, 0.2) is 36.7 Å². The van der Waals surface area contributed by atoms with E-state index in [1.54, 1.807) is 10.9 Å². The number of aliphatic carboxylic acids is 1. The molecule has 96 valence electrons. The zero-order valence-corrected chi connectivity index (χ0v) is 10.2. The summed E-state index contributed by atoms with van der Waals surface area (Å²) >= 11 is 0. The third kappa shape index (κ3) is 2.70. The predicted octanol–water partition coefficient (Wildman–Crippen LogP) is 2.24. The number of carboxylic acids is 1. The van der Waals surface area contributed by atoms with Crippen molar-refractivity contribution in [3.63, 3.8) is 0 Å². The molecule has 19 heavy (non-hydrogen) atoms. The Bertz CT molecular complexity index is 624. The Morgan fingerprint density at radius 1 is 1.37 bits per heavy atom. The molecule has 1 aliphatic carbocycles. The van der Waals surface area contributed by atoms with Crippen LogP contribution >= 0.6 is 0 Å². The first-order chi connectivity index (χ1) is 9.22. The Morgan fingerprint density at radius 2 is 2.21 bits per heavy atom. The Morgan fingerprint density at radius 3 is 2.84 bits per heavy atom. The van der Waals surface area contributed by atoms with Crippen LogP contribution in [0.1, 0.15) is 30.0 Å². The van der Waals surface area contributed by atoms with Crippen molar-refractivity contribution in [3.05, 3.63) is 47.9 Å². The lowest BCUT2D eigenvalue weighted by atomic mass is 10.2. The van der Waals surface area contributed by atoms with Gasteiger partial charge in [-0.15, -0.1) is 0 Å². The molecule has 0 amide bonds. The van der Waals surface area contributed by atoms with Crippen LogP contribution in [-0.4, -0.2) is 25.8 Å². The Balaban J connectivity index is 1.79. The molecular formula is C14H13N3O2. The van der Waals surface area contributed by atoms with Crippen LogP contribution in [0.5, 0.6) is 0 Å². The molecule has 0 spiro atoms. The van der Waals surface area contributed by atoms with Crippen LogP contribution < -0.4 is 0 Å². The standard InChI is InChI=1S/C14H13N3O2/c18-14(19)6-2-10-1-5-13(15-9-10)17-8-7-12(16-17)11-3-4-11/h1-2,5-9,11H,3-4H2,(H,18,19)/b6-2+. The van der Waals surface area contributed by atoms with Gasteiger partial charge in [-0.3, -0.25) is 0 Å². The van der Waals surface area contributed by atoms with E-state index in [0.717, 1.165) is 23.2 Å². The summed E-state index contributed by atoms with van der Waals surface area (Å²) in [4.78, 5) is 14.7. The Labute approximate surface area is 110 Å². The predicted molar refractivity (Wildman–Crippen MR) is 70.0 cm³/mol. The van der Waals surface area contributed by atoms with E-state index in [-0.39, 0.29) is 0 Å². The molecule has 3 rings (SSSR count). The van der Waals surface area contributed by atoms with Gasteiger partial charge in [0.2, 0.25) is 0 Å². The van der Waals surface area contributed by atoms with Gasteiger partial charge in [-0.25, -0.2) is 14.5 Å². The minimum atomic E-state index is -0.967. The molecule has 0 aromatic carbocycles. The molecule has 0 radical (unpaired) electrons.